The first-order chi connectivity index (χ1) is 44.4. The van der Waals surface area contributed by atoms with Crippen LogP contribution in [-0.2, 0) is 18.3 Å². The average Bonchev–Trinajstić information content (AvgIpc) is 0.754. The maximum atomic E-state index is 2.71. The summed E-state index contributed by atoms with van der Waals surface area (Å²) in [4.78, 5) is 0. The third-order valence-corrected chi connectivity index (χ3v) is 23.1. The molecule has 0 unspecified atom stereocenters. The fraction of sp³-hybridized carbons (Fsp3) is 0.326. The molecule has 1 radical (unpaired) electrons. The van der Waals surface area contributed by atoms with E-state index < -0.39 is 8.80 Å². The third-order valence-electron chi connectivity index (χ3n) is 20.1. The van der Waals surface area contributed by atoms with E-state index in [-0.39, 0.29) is 5.41 Å². The van der Waals surface area contributed by atoms with Crippen LogP contribution in [0.2, 0.25) is 0 Å². The van der Waals surface area contributed by atoms with E-state index in [9.17, 15) is 0 Å². The van der Waals surface area contributed by atoms with Gasteiger partial charge >= 0.3 is 0 Å². The molecule has 93 heavy (non-hydrogen) atoms. The average molecular weight is 1240 g/mol. The van der Waals surface area contributed by atoms with Crippen LogP contribution in [0, 0.1) is 0 Å². The summed E-state index contributed by atoms with van der Waals surface area (Å²) in [5.74, 6) is 2.52. The highest BCUT2D eigenvalue weighted by Crippen LogP contribution is 2.48. The minimum absolute atomic E-state index is 0.195. The van der Waals surface area contributed by atoms with Crippen molar-refractivity contribution < 1.29 is 0 Å². The molecule has 0 saturated carbocycles. The van der Waals surface area contributed by atoms with Crippen LogP contribution in [0.4, 0.5) is 0 Å². The third kappa shape index (κ3) is 13.4. The van der Waals surface area contributed by atoms with Crippen LogP contribution in [0.1, 0.15) is 251 Å². The maximum Gasteiger partial charge on any atom is 0.155 e. The minimum Gasteiger partial charge on any atom is -0.0618 e. The second kappa shape index (κ2) is 27.6. The molecular formula is C92H103Si. The number of benzene rings is 11. The van der Waals surface area contributed by atoms with Gasteiger partial charge in [-0.1, -0.05) is 338 Å². The smallest absolute Gasteiger partial charge is 0.0618 e. The zero-order valence-corrected chi connectivity index (χ0v) is 60.7. The maximum absolute atomic E-state index is 2.71. The SMILES string of the molecule is CC(C)c1cccc(C(C)C)c1-c1cccc(-c2c(C(C)C)cccc2C(C)C)c1Cc1cc(C(C)(C)C)cc(Cc2c(-c3c(C(C)C)cccc3C(C)C)cccc2-c2c(C(C)C)cccc2C(C)C)c1[Si](c1ccc2ccccc2c1)c1ccc2ccccc2c1. The van der Waals surface area contributed by atoms with Crippen molar-refractivity contribution in [2.45, 2.75) is 197 Å². The second-order valence-corrected chi connectivity index (χ2v) is 32.8. The molecule has 0 spiro atoms. The molecule has 0 saturated heterocycles. The van der Waals surface area contributed by atoms with Crippen molar-refractivity contribution in [1.29, 1.82) is 0 Å². The van der Waals surface area contributed by atoms with Gasteiger partial charge in [0.25, 0.3) is 0 Å². The summed E-state index contributed by atoms with van der Waals surface area (Å²) < 4.78 is 0. The quantitative estimate of drug-likeness (QED) is 0.0559. The van der Waals surface area contributed by atoms with Gasteiger partial charge in [-0.25, -0.2) is 0 Å². The second-order valence-electron chi connectivity index (χ2n) is 30.4. The van der Waals surface area contributed by atoms with Gasteiger partial charge in [-0.15, -0.1) is 0 Å². The van der Waals surface area contributed by atoms with Crippen LogP contribution in [0.5, 0.6) is 0 Å². The van der Waals surface area contributed by atoms with E-state index in [1.54, 1.807) is 0 Å². The van der Waals surface area contributed by atoms with Crippen molar-refractivity contribution in [3.8, 4) is 44.5 Å². The minimum atomic E-state index is -1.89. The lowest BCUT2D eigenvalue weighted by Gasteiger charge is -2.31. The fourth-order valence-corrected chi connectivity index (χ4v) is 18.2. The lowest BCUT2D eigenvalue weighted by Crippen LogP contribution is -2.54. The molecule has 475 valence electrons. The Balaban J connectivity index is 1.37. The summed E-state index contributed by atoms with van der Waals surface area (Å²) in [5.41, 5.74) is 29.2. The molecular weight excluding hydrogens is 1130 g/mol. The Morgan fingerprint density at radius 1 is 0.269 bits per heavy atom. The van der Waals surface area contributed by atoms with Crippen molar-refractivity contribution in [1.82, 2.24) is 0 Å². The Bertz CT molecular complexity index is 3960. The van der Waals surface area contributed by atoms with E-state index in [1.165, 1.54) is 154 Å². The van der Waals surface area contributed by atoms with Gasteiger partial charge in [0.1, 0.15) is 0 Å². The van der Waals surface area contributed by atoms with Gasteiger partial charge in [-0.3, -0.25) is 0 Å². The molecule has 0 nitrogen and oxygen atoms in total. The van der Waals surface area contributed by atoms with Gasteiger partial charge in [0.05, 0.1) is 0 Å². The highest BCUT2D eigenvalue weighted by Gasteiger charge is 2.33. The van der Waals surface area contributed by atoms with E-state index >= 15 is 0 Å². The van der Waals surface area contributed by atoms with Crippen LogP contribution >= 0.6 is 0 Å². The molecule has 0 aliphatic rings. The van der Waals surface area contributed by atoms with E-state index in [4.69, 9.17) is 0 Å². The van der Waals surface area contributed by atoms with Crippen molar-refractivity contribution in [2.24, 2.45) is 0 Å². The van der Waals surface area contributed by atoms with Gasteiger partial charge in [-0.05, 0) is 220 Å². The molecule has 0 aromatic heterocycles. The summed E-state index contributed by atoms with van der Waals surface area (Å²) in [6.45, 7) is 45.7. The van der Waals surface area contributed by atoms with Crippen LogP contribution < -0.4 is 15.6 Å². The fourth-order valence-electron chi connectivity index (χ4n) is 15.3. The van der Waals surface area contributed by atoms with Gasteiger partial charge in [0, 0.05) is 0 Å². The molecule has 0 aliphatic heterocycles. The van der Waals surface area contributed by atoms with E-state index in [0.29, 0.717) is 47.3 Å². The Morgan fingerprint density at radius 3 is 0.763 bits per heavy atom. The van der Waals surface area contributed by atoms with E-state index in [0.717, 1.165) is 12.8 Å². The summed E-state index contributed by atoms with van der Waals surface area (Å²) in [6, 6.07) is 82.0. The van der Waals surface area contributed by atoms with Gasteiger partial charge in [-0.2, -0.15) is 0 Å². The zero-order chi connectivity index (χ0) is 66.3. The van der Waals surface area contributed by atoms with Crippen LogP contribution in [0.15, 0.2) is 206 Å². The molecule has 11 aromatic rings. The van der Waals surface area contributed by atoms with Gasteiger partial charge < -0.3 is 0 Å². The topological polar surface area (TPSA) is 0 Å². The normalized spacial score (nSPS) is 12.3. The molecule has 1 heteroatoms. The highest BCUT2D eigenvalue weighted by atomic mass is 28.3. The summed E-state index contributed by atoms with van der Waals surface area (Å²) in [7, 11) is -1.89. The van der Waals surface area contributed by atoms with Crippen LogP contribution in [0.25, 0.3) is 66.1 Å². The molecule has 11 aromatic carbocycles. The van der Waals surface area contributed by atoms with E-state index in [2.05, 4.69) is 338 Å². The number of rotatable bonds is 19. The molecule has 0 fully saturated rings. The summed E-state index contributed by atoms with van der Waals surface area (Å²) in [6.07, 6.45) is 1.49. The first-order valence-electron chi connectivity index (χ1n) is 35.2. The summed E-state index contributed by atoms with van der Waals surface area (Å²) in [5, 5.41) is 9.41. The van der Waals surface area contributed by atoms with Crippen LogP contribution in [-0.4, -0.2) is 8.80 Å². The predicted molar refractivity (Wildman–Crippen MR) is 411 cm³/mol. The van der Waals surface area contributed by atoms with E-state index in [1.807, 2.05) is 0 Å². The van der Waals surface area contributed by atoms with Crippen molar-refractivity contribution in [3.63, 3.8) is 0 Å². The van der Waals surface area contributed by atoms with Gasteiger partial charge in [0.15, 0.2) is 8.80 Å². The predicted octanol–water partition coefficient (Wildman–Crippen LogP) is 24.6. The Hall–Kier alpha value is -7.84. The van der Waals surface area contributed by atoms with Crippen molar-refractivity contribution in [3.05, 3.63) is 279 Å². The first kappa shape index (κ1) is 66.6. The Kier molecular flexibility index (Phi) is 19.8. The Morgan fingerprint density at radius 2 is 0.516 bits per heavy atom. The standard InChI is InChI=1S/C92H103Si/c1-56(2)73-34-24-35-74(57(3)4)87(73)81-42-28-43-82(88-75(58(5)6)36-25-37-76(88)59(7)8)85(81)54-68-50-70(92(17,18)19)51-69(91(68)93(71-48-46-64-30-20-22-32-66(64)52-71)72-49-47-65-31-21-23-33-67(65)53-72)55-86-83(89-77(60(9)10)38-26-39-78(89)61(11)12)44-29-45-84(86)90-79(62(13)14)40-27-41-80(90)63(15)16/h20-53,56-63H,54-55H2,1-19H3. The van der Waals surface area contributed by atoms with Crippen LogP contribution in [0.3, 0.4) is 0 Å². The molecule has 0 amide bonds. The zero-order valence-electron chi connectivity index (χ0n) is 59.7. The van der Waals surface area contributed by atoms with Crippen molar-refractivity contribution >= 4 is 45.9 Å². The molecule has 0 aliphatic carbocycles. The molecule has 11 rings (SSSR count). The molecule has 0 N–H and O–H groups in total. The highest BCUT2D eigenvalue weighted by molar-refractivity contribution is 6.96. The lowest BCUT2D eigenvalue weighted by atomic mass is 9.76. The Labute approximate surface area is 562 Å². The molecule has 0 bridgehead atoms. The number of hydrogen-bond donors (Lipinski definition) is 0. The number of fused-ring (bicyclic) bond motifs is 2. The number of hydrogen-bond acceptors (Lipinski definition) is 0. The van der Waals surface area contributed by atoms with Crippen molar-refractivity contribution in [2.75, 3.05) is 0 Å². The molecule has 0 heterocycles. The lowest BCUT2D eigenvalue weighted by molar-refractivity contribution is 0.589. The monoisotopic (exact) mass is 1240 g/mol. The summed E-state index contributed by atoms with van der Waals surface area (Å²) >= 11 is 0. The molecule has 0 atom stereocenters. The first-order valence-corrected chi connectivity index (χ1v) is 36.7. The van der Waals surface area contributed by atoms with Gasteiger partial charge in [0.2, 0.25) is 0 Å². The largest absolute Gasteiger partial charge is 0.155 e.